The highest BCUT2D eigenvalue weighted by molar-refractivity contribution is 5.89. The van der Waals surface area contributed by atoms with E-state index in [2.05, 4.69) is 32.1 Å². The quantitative estimate of drug-likeness (QED) is 0.730. The zero-order chi connectivity index (χ0) is 14.1. The summed E-state index contributed by atoms with van der Waals surface area (Å²) in [4.78, 5) is 10.9. The van der Waals surface area contributed by atoms with E-state index in [1.807, 2.05) is 39.2 Å². The van der Waals surface area contributed by atoms with E-state index in [-0.39, 0.29) is 0 Å². The number of aryl methyl sites for hydroxylation is 2. The van der Waals surface area contributed by atoms with Crippen LogP contribution in [0.3, 0.4) is 0 Å². The van der Waals surface area contributed by atoms with Crippen molar-refractivity contribution in [1.82, 2.24) is 19.7 Å². The maximum atomic E-state index is 4.44. The van der Waals surface area contributed by atoms with Crippen LogP contribution < -0.4 is 4.90 Å². The molecular formula is C15H17N5. The molecule has 0 atom stereocenters. The van der Waals surface area contributed by atoms with E-state index in [1.54, 1.807) is 11.0 Å². The predicted octanol–water partition coefficient (Wildman–Crippen LogP) is 2.31. The Morgan fingerprint density at radius 2 is 1.90 bits per heavy atom. The second-order valence-corrected chi connectivity index (χ2v) is 4.95. The van der Waals surface area contributed by atoms with Gasteiger partial charge in [0.05, 0.1) is 11.1 Å². The summed E-state index contributed by atoms with van der Waals surface area (Å²) in [5, 5.41) is 5.45. The fourth-order valence-corrected chi connectivity index (χ4v) is 2.48. The van der Waals surface area contributed by atoms with E-state index in [9.17, 15) is 0 Å². The predicted molar refractivity (Wildman–Crippen MR) is 79.6 cm³/mol. The van der Waals surface area contributed by atoms with Gasteiger partial charge in [-0.15, -0.1) is 0 Å². The van der Waals surface area contributed by atoms with E-state index in [1.165, 1.54) is 5.56 Å². The Morgan fingerprint density at radius 3 is 2.65 bits per heavy atom. The summed E-state index contributed by atoms with van der Waals surface area (Å²) in [6.45, 7) is 2.80. The smallest absolute Gasteiger partial charge is 0.163 e. The van der Waals surface area contributed by atoms with Crippen LogP contribution in [0.2, 0.25) is 0 Å². The first-order valence-electron chi connectivity index (χ1n) is 6.56. The molecule has 1 aromatic carbocycles. The first-order valence-corrected chi connectivity index (χ1v) is 6.56. The van der Waals surface area contributed by atoms with Gasteiger partial charge in [0.15, 0.2) is 5.65 Å². The highest BCUT2D eigenvalue weighted by Crippen LogP contribution is 2.25. The van der Waals surface area contributed by atoms with Gasteiger partial charge in [0, 0.05) is 20.6 Å². The molecule has 0 N–H and O–H groups in total. The van der Waals surface area contributed by atoms with Crippen molar-refractivity contribution in [2.24, 2.45) is 7.05 Å². The second kappa shape index (κ2) is 4.92. The first-order chi connectivity index (χ1) is 9.66. The van der Waals surface area contributed by atoms with Gasteiger partial charge in [0.1, 0.15) is 12.1 Å². The van der Waals surface area contributed by atoms with Gasteiger partial charge in [-0.1, -0.05) is 30.3 Å². The van der Waals surface area contributed by atoms with Crippen LogP contribution in [0.15, 0.2) is 36.7 Å². The molecule has 0 saturated heterocycles. The highest BCUT2D eigenvalue weighted by Gasteiger charge is 2.15. The molecule has 3 rings (SSSR count). The fraction of sp³-hybridized carbons (Fsp3) is 0.267. The molecular weight excluding hydrogens is 250 g/mol. The van der Waals surface area contributed by atoms with Crippen molar-refractivity contribution >= 4 is 16.9 Å². The summed E-state index contributed by atoms with van der Waals surface area (Å²) in [7, 11) is 3.95. The van der Waals surface area contributed by atoms with E-state index in [0.717, 1.165) is 29.1 Å². The standard InChI is InChI=1S/C15H17N5/c1-11-13-14(16-10-17-15(13)20(3)18-11)19(2)9-12-7-5-4-6-8-12/h4-8,10H,9H2,1-3H3. The lowest BCUT2D eigenvalue weighted by molar-refractivity contribution is 0.773. The molecule has 0 radical (unpaired) electrons. The third kappa shape index (κ3) is 2.11. The minimum absolute atomic E-state index is 0.807. The van der Waals surface area contributed by atoms with Crippen LogP contribution in [0.1, 0.15) is 11.3 Å². The van der Waals surface area contributed by atoms with Crippen LogP contribution >= 0.6 is 0 Å². The topological polar surface area (TPSA) is 46.8 Å². The Hall–Kier alpha value is -2.43. The van der Waals surface area contributed by atoms with Gasteiger partial charge in [0.25, 0.3) is 0 Å². The average Bonchev–Trinajstić information content (AvgIpc) is 2.75. The minimum Gasteiger partial charge on any atom is -0.355 e. The Labute approximate surface area is 117 Å². The van der Waals surface area contributed by atoms with E-state index >= 15 is 0 Å². The highest BCUT2D eigenvalue weighted by atomic mass is 15.3. The first kappa shape index (κ1) is 12.6. The second-order valence-electron chi connectivity index (χ2n) is 4.95. The van der Waals surface area contributed by atoms with Gasteiger partial charge in [-0.2, -0.15) is 5.10 Å². The molecule has 2 heterocycles. The molecule has 5 heteroatoms. The lowest BCUT2D eigenvalue weighted by Crippen LogP contribution is -2.18. The molecule has 0 aliphatic carbocycles. The van der Waals surface area contributed by atoms with Crippen LogP contribution in [0, 0.1) is 6.92 Å². The molecule has 0 bridgehead atoms. The average molecular weight is 267 g/mol. The van der Waals surface area contributed by atoms with E-state index < -0.39 is 0 Å². The lowest BCUT2D eigenvalue weighted by atomic mass is 10.2. The van der Waals surface area contributed by atoms with Crippen molar-refractivity contribution in [3.63, 3.8) is 0 Å². The van der Waals surface area contributed by atoms with Crippen LogP contribution in [0.4, 0.5) is 5.82 Å². The Bertz CT molecular complexity index is 733. The van der Waals surface area contributed by atoms with Gasteiger partial charge >= 0.3 is 0 Å². The number of hydrogen-bond donors (Lipinski definition) is 0. The maximum absolute atomic E-state index is 4.44. The molecule has 0 unspecified atom stereocenters. The fourth-order valence-electron chi connectivity index (χ4n) is 2.48. The molecule has 0 amide bonds. The van der Waals surface area contributed by atoms with Crippen molar-refractivity contribution in [1.29, 1.82) is 0 Å². The lowest BCUT2D eigenvalue weighted by Gasteiger charge is -2.19. The van der Waals surface area contributed by atoms with Crippen LogP contribution in [0.5, 0.6) is 0 Å². The summed E-state index contributed by atoms with van der Waals surface area (Å²) in [5.41, 5.74) is 3.08. The molecule has 20 heavy (non-hydrogen) atoms. The molecule has 0 aliphatic rings. The zero-order valence-corrected chi connectivity index (χ0v) is 11.9. The molecule has 5 nitrogen and oxygen atoms in total. The number of nitrogens with zero attached hydrogens (tertiary/aromatic N) is 5. The maximum Gasteiger partial charge on any atom is 0.163 e. The van der Waals surface area contributed by atoms with Crippen molar-refractivity contribution in [2.45, 2.75) is 13.5 Å². The molecule has 0 spiro atoms. The normalized spacial score (nSPS) is 10.9. The number of benzene rings is 1. The Morgan fingerprint density at radius 1 is 1.15 bits per heavy atom. The SMILES string of the molecule is Cc1nn(C)c2ncnc(N(C)Cc3ccccc3)c12. The largest absolute Gasteiger partial charge is 0.355 e. The molecule has 2 aromatic heterocycles. The Kier molecular flexibility index (Phi) is 3.10. The van der Waals surface area contributed by atoms with E-state index in [4.69, 9.17) is 0 Å². The summed E-state index contributed by atoms with van der Waals surface area (Å²) in [5.74, 6) is 0.921. The summed E-state index contributed by atoms with van der Waals surface area (Å²) >= 11 is 0. The van der Waals surface area contributed by atoms with E-state index in [0.29, 0.717) is 0 Å². The van der Waals surface area contributed by atoms with Crippen molar-refractivity contribution in [3.8, 4) is 0 Å². The van der Waals surface area contributed by atoms with Gasteiger partial charge < -0.3 is 4.90 Å². The van der Waals surface area contributed by atoms with Gasteiger partial charge in [-0.05, 0) is 12.5 Å². The molecule has 0 aliphatic heterocycles. The van der Waals surface area contributed by atoms with Crippen LogP contribution in [-0.2, 0) is 13.6 Å². The monoisotopic (exact) mass is 267 g/mol. The van der Waals surface area contributed by atoms with Gasteiger partial charge in [-0.25, -0.2) is 9.97 Å². The summed E-state index contributed by atoms with van der Waals surface area (Å²) in [6.07, 6.45) is 1.60. The van der Waals surface area contributed by atoms with Gasteiger partial charge in [0.2, 0.25) is 0 Å². The summed E-state index contributed by atoms with van der Waals surface area (Å²) in [6, 6.07) is 10.4. The Balaban J connectivity index is 2.01. The number of anilines is 1. The van der Waals surface area contributed by atoms with Crippen molar-refractivity contribution in [2.75, 3.05) is 11.9 Å². The number of aromatic nitrogens is 4. The number of hydrogen-bond acceptors (Lipinski definition) is 4. The third-order valence-electron chi connectivity index (χ3n) is 3.40. The van der Waals surface area contributed by atoms with Crippen molar-refractivity contribution < 1.29 is 0 Å². The van der Waals surface area contributed by atoms with Gasteiger partial charge in [-0.3, -0.25) is 4.68 Å². The number of fused-ring (bicyclic) bond motifs is 1. The number of rotatable bonds is 3. The zero-order valence-electron chi connectivity index (χ0n) is 11.9. The molecule has 102 valence electrons. The summed E-state index contributed by atoms with van der Waals surface area (Å²) < 4.78 is 1.80. The minimum atomic E-state index is 0.807. The molecule has 0 saturated carbocycles. The molecule has 0 fully saturated rings. The van der Waals surface area contributed by atoms with Crippen LogP contribution in [0.25, 0.3) is 11.0 Å². The third-order valence-corrected chi connectivity index (χ3v) is 3.40. The van der Waals surface area contributed by atoms with Crippen molar-refractivity contribution in [3.05, 3.63) is 47.9 Å². The molecule has 3 aromatic rings. The van der Waals surface area contributed by atoms with Crippen LogP contribution in [-0.4, -0.2) is 26.8 Å².